The van der Waals surface area contributed by atoms with Crippen LogP contribution in [0.2, 0.25) is 0 Å². The fourth-order valence-corrected chi connectivity index (χ4v) is 5.40. The van der Waals surface area contributed by atoms with Gasteiger partial charge in [-0.2, -0.15) is 5.10 Å². The average molecular weight is 334 g/mol. The van der Waals surface area contributed by atoms with Crippen LogP contribution < -0.4 is 4.90 Å². The highest BCUT2D eigenvalue weighted by molar-refractivity contribution is 9.10. The van der Waals surface area contributed by atoms with E-state index in [1.54, 1.807) is 6.33 Å². The molecule has 4 unspecified atom stereocenters. The number of aromatic nitrogens is 4. The molecule has 5 nitrogen and oxygen atoms in total. The molecular formula is C14H16BrN5. The Morgan fingerprint density at radius 3 is 2.95 bits per heavy atom. The Morgan fingerprint density at radius 1 is 1.25 bits per heavy atom. The molecule has 3 aliphatic rings. The summed E-state index contributed by atoms with van der Waals surface area (Å²) in [4.78, 5) is 11.5. The molecule has 20 heavy (non-hydrogen) atoms. The van der Waals surface area contributed by atoms with E-state index < -0.39 is 0 Å². The number of aryl methyl sites for hydroxylation is 1. The minimum absolute atomic E-state index is 0.721. The van der Waals surface area contributed by atoms with Crippen LogP contribution >= 0.6 is 15.9 Å². The van der Waals surface area contributed by atoms with Crippen LogP contribution in [0.1, 0.15) is 19.3 Å². The summed E-state index contributed by atoms with van der Waals surface area (Å²) in [5.41, 5.74) is 0.911. The van der Waals surface area contributed by atoms with Gasteiger partial charge in [-0.25, -0.2) is 14.6 Å². The Kier molecular flexibility index (Phi) is 2.14. The summed E-state index contributed by atoms with van der Waals surface area (Å²) < 4.78 is 2.68. The SMILES string of the molecule is Cn1nc(Br)c2c(N3CC4C5CCC(C5)C43)ncnc21. The molecule has 1 aliphatic heterocycles. The Bertz CT molecular complexity index is 709. The van der Waals surface area contributed by atoms with Crippen molar-refractivity contribution in [3.63, 3.8) is 0 Å². The fraction of sp³-hybridized carbons (Fsp3) is 0.643. The summed E-state index contributed by atoms with van der Waals surface area (Å²) in [7, 11) is 1.93. The number of fused-ring (bicyclic) bond motifs is 6. The number of hydrogen-bond donors (Lipinski definition) is 0. The molecule has 104 valence electrons. The first kappa shape index (κ1) is 11.5. The molecule has 3 heterocycles. The maximum absolute atomic E-state index is 4.58. The molecule has 2 bridgehead atoms. The number of nitrogens with zero attached hydrogens (tertiary/aromatic N) is 5. The lowest BCUT2D eigenvalue weighted by molar-refractivity contribution is 0.198. The van der Waals surface area contributed by atoms with E-state index in [1.165, 1.54) is 25.8 Å². The van der Waals surface area contributed by atoms with Crippen molar-refractivity contribution in [2.45, 2.75) is 25.3 Å². The highest BCUT2D eigenvalue weighted by atomic mass is 79.9. The molecule has 4 atom stereocenters. The summed E-state index contributed by atoms with van der Waals surface area (Å²) in [6, 6.07) is 0.721. The smallest absolute Gasteiger partial charge is 0.164 e. The van der Waals surface area contributed by atoms with Crippen LogP contribution in [0.25, 0.3) is 11.0 Å². The Balaban J connectivity index is 1.62. The molecule has 2 aromatic rings. The van der Waals surface area contributed by atoms with E-state index >= 15 is 0 Å². The first-order valence-corrected chi connectivity index (χ1v) is 8.13. The molecule has 2 aromatic heterocycles. The third kappa shape index (κ3) is 1.26. The molecule has 5 rings (SSSR count). The molecule has 0 spiro atoms. The lowest BCUT2D eigenvalue weighted by Crippen LogP contribution is -2.59. The molecule has 0 N–H and O–H groups in total. The van der Waals surface area contributed by atoms with Gasteiger partial charge in [0.15, 0.2) is 5.65 Å². The normalized spacial score (nSPS) is 34.6. The summed E-state index contributed by atoms with van der Waals surface area (Å²) in [6.07, 6.45) is 5.97. The third-order valence-corrected chi connectivity index (χ3v) is 6.19. The molecule has 6 heteroatoms. The first-order valence-electron chi connectivity index (χ1n) is 7.34. The number of hydrogen-bond acceptors (Lipinski definition) is 4. The van der Waals surface area contributed by atoms with Crippen molar-refractivity contribution in [2.75, 3.05) is 11.4 Å². The second-order valence-electron chi connectivity index (χ2n) is 6.45. The van der Waals surface area contributed by atoms with Crippen LogP contribution in [0.5, 0.6) is 0 Å². The van der Waals surface area contributed by atoms with Gasteiger partial charge in [0, 0.05) is 19.6 Å². The molecule has 2 aliphatic carbocycles. The van der Waals surface area contributed by atoms with Gasteiger partial charge in [-0.15, -0.1) is 0 Å². The summed E-state index contributed by atoms with van der Waals surface area (Å²) in [6.45, 7) is 1.17. The second-order valence-corrected chi connectivity index (χ2v) is 7.20. The van der Waals surface area contributed by atoms with Gasteiger partial charge >= 0.3 is 0 Å². The maximum Gasteiger partial charge on any atom is 0.164 e. The monoisotopic (exact) mass is 333 g/mol. The zero-order valence-corrected chi connectivity index (χ0v) is 12.9. The van der Waals surface area contributed by atoms with Crippen molar-refractivity contribution in [1.82, 2.24) is 19.7 Å². The van der Waals surface area contributed by atoms with Gasteiger partial charge in [0.1, 0.15) is 16.7 Å². The van der Waals surface area contributed by atoms with Gasteiger partial charge in [-0.1, -0.05) is 0 Å². The highest BCUT2D eigenvalue weighted by Crippen LogP contribution is 2.56. The minimum Gasteiger partial charge on any atom is -0.352 e. The fourth-order valence-electron chi connectivity index (χ4n) is 4.81. The molecule has 0 aromatic carbocycles. The quantitative estimate of drug-likeness (QED) is 0.803. The number of anilines is 1. The van der Waals surface area contributed by atoms with Crippen molar-refractivity contribution in [3.05, 3.63) is 10.9 Å². The lowest BCUT2D eigenvalue weighted by Gasteiger charge is -2.51. The molecule has 0 amide bonds. The Labute approximate surface area is 125 Å². The van der Waals surface area contributed by atoms with E-state index in [9.17, 15) is 0 Å². The van der Waals surface area contributed by atoms with Crippen molar-refractivity contribution in [3.8, 4) is 0 Å². The third-order valence-electron chi connectivity index (χ3n) is 5.64. The minimum atomic E-state index is 0.721. The van der Waals surface area contributed by atoms with Gasteiger partial charge in [-0.05, 0) is 52.9 Å². The van der Waals surface area contributed by atoms with Crippen LogP contribution in [-0.2, 0) is 7.05 Å². The largest absolute Gasteiger partial charge is 0.352 e. The van der Waals surface area contributed by atoms with E-state index in [-0.39, 0.29) is 0 Å². The average Bonchev–Trinajstić information content (AvgIpc) is 3.02. The zero-order chi connectivity index (χ0) is 13.4. The van der Waals surface area contributed by atoms with Crippen molar-refractivity contribution in [1.29, 1.82) is 0 Å². The second kappa shape index (κ2) is 3.72. The molecule has 1 saturated heterocycles. The molecule has 3 fully saturated rings. The summed E-state index contributed by atoms with van der Waals surface area (Å²) >= 11 is 3.57. The number of rotatable bonds is 1. The van der Waals surface area contributed by atoms with Gasteiger partial charge in [0.05, 0.1) is 5.39 Å². The highest BCUT2D eigenvalue weighted by Gasteiger charge is 2.57. The predicted octanol–water partition coefficient (Wildman–Crippen LogP) is 2.36. The van der Waals surface area contributed by atoms with Crippen molar-refractivity contribution in [2.24, 2.45) is 24.8 Å². The molecule has 0 radical (unpaired) electrons. The maximum atomic E-state index is 4.58. The van der Waals surface area contributed by atoms with Crippen LogP contribution in [0.4, 0.5) is 5.82 Å². The Hall–Kier alpha value is -1.17. The van der Waals surface area contributed by atoms with E-state index in [0.29, 0.717) is 0 Å². The molecular weight excluding hydrogens is 318 g/mol. The van der Waals surface area contributed by atoms with Crippen LogP contribution in [0.3, 0.4) is 0 Å². The van der Waals surface area contributed by atoms with E-state index in [0.717, 1.165) is 45.3 Å². The van der Waals surface area contributed by atoms with E-state index in [4.69, 9.17) is 0 Å². The standard InChI is InChI=1S/C14H16BrN5/c1-19-13-10(12(15)18-19)14(17-6-16-13)20-5-9-7-2-3-8(4-7)11(9)20/h6-9,11H,2-5H2,1H3. The van der Waals surface area contributed by atoms with E-state index in [1.807, 2.05) is 11.7 Å². The lowest BCUT2D eigenvalue weighted by atomic mass is 9.77. The Morgan fingerprint density at radius 2 is 2.10 bits per heavy atom. The predicted molar refractivity (Wildman–Crippen MR) is 79.5 cm³/mol. The van der Waals surface area contributed by atoms with Gasteiger partial charge in [-0.3, -0.25) is 0 Å². The molecule has 2 saturated carbocycles. The zero-order valence-electron chi connectivity index (χ0n) is 11.3. The van der Waals surface area contributed by atoms with Crippen LogP contribution in [0, 0.1) is 17.8 Å². The van der Waals surface area contributed by atoms with Gasteiger partial charge in [0.2, 0.25) is 0 Å². The van der Waals surface area contributed by atoms with Gasteiger partial charge in [0.25, 0.3) is 0 Å². The summed E-state index contributed by atoms with van der Waals surface area (Å²) in [5.74, 6) is 3.85. The summed E-state index contributed by atoms with van der Waals surface area (Å²) in [5, 5.41) is 5.50. The topological polar surface area (TPSA) is 46.8 Å². The number of halogens is 1. The van der Waals surface area contributed by atoms with Crippen molar-refractivity contribution < 1.29 is 0 Å². The first-order chi connectivity index (χ1) is 9.74. The van der Waals surface area contributed by atoms with E-state index in [2.05, 4.69) is 35.9 Å². The van der Waals surface area contributed by atoms with Crippen LogP contribution in [-0.4, -0.2) is 32.3 Å². The van der Waals surface area contributed by atoms with Crippen LogP contribution in [0.15, 0.2) is 10.9 Å². The van der Waals surface area contributed by atoms with Gasteiger partial charge < -0.3 is 4.90 Å². The van der Waals surface area contributed by atoms with Crippen molar-refractivity contribution >= 4 is 32.8 Å².